The molecule has 1 aromatic heterocycles. The number of benzene rings is 2. The monoisotopic (exact) mass is 537 g/mol. The number of carbonyl (C=O) groups excluding carboxylic acids is 2. The maximum Gasteiger partial charge on any atom is 0.255 e. The van der Waals surface area contributed by atoms with Crippen molar-refractivity contribution in [3.05, 3.63) is 108 Å². The number of rotatable bonds is 8. The van der Waals surface area contributed by atoms with E-state index in [1.807, 2.05) is 36.7 Å². The number of fused-ring (bicyclic) bond motifs is 1. The van der Waals surface area contributed by atoms with Crippen LogP contribution in [0.4, 0.5) is 0 Å². The zero-order valence-electron chi connectivity index (χ0n) is 22.6. The predicted octanol–water partition coefficient (Wildman–Crippen LogP) is 3.64. The van der Waals surface area contributed by atoms with E-state index in [9.17, 15) is 9.59 Å². The molecule has 2 amide bonds. The molecule has 3 unspecified atom stereocenters. The second-order valence-electron chi connectivity index (χ2n) is 10.9. The van der Waals surface area contributed by atoms with Gasteiger partial charge in [-0.15, -0.1) is 0 Å². The first kappa shape index (κ1) is 26.2. The lowest BCUT2D eigenvalue weighted by Gasteiger charge is -2.39. The van der Waals surface area contributed by atoms with Gasteiger partial charge in [0.1, 0.15) is 17.9 Å². The largest absolute Gasteiger partial charge is 0.487 e. The van der Waals surface area contributed by atoms with Gasteiger partial charge in [-0.25, -0.2) is 0 Å². The van der Waals surface area contributed by atoms with Crippen LogP contribution >= 0.6 is 0 Å². The molecule has 3 atom stereocenters. The smallest absolute Gasteiger partial charge is 0.255 e. The third-order valence-electron chi connectivity index (χ3n) is 8.10. The summed E-state index contributed by atoms with van der Waals surface area (Å²) >= 11 is 0. The summed E-state index contributed by atoms with van der Waals surface area (Å²) in [7, 11) is 0. The van der Waals surface area contributed by atoms with Gasteiger partial charge in [0.2, 0.25) is 5.91 Å². The van der Waals surface area contributed by atoms with Crippen molar-refractivity contribution in [3.63, 3.8) is 0 Å². The van der Waals surface area contributed by atoms with Gasteiger partial charge in [0, 0.05) is 62.4 Å². The van der Waals surface area contributed by atoms with Gasteiger partial charge >= 0.3 is 0 Å². The topological polar surface area (TPSA) is 86.8 Å². The summed E-state index contributed by atoms with van der Waals surface area (Å²) in [5.74, 6) is 0.493. The van der Waals surface area contributed by atoms with E-state index in [0.29, 0.717) is 30.6 Å². The zero-order valence-corrected chi connectivity index (χ0v) is 22.6. The molecule has 0 aliphatic carbocycles. The Morgan fingerprint density at radius 2 is 1.85 bits per heavy atom. The molecule has 0 spiro atoms. The van der Waals surface area contributed by atoms with Crippen LogP contribution in [-0.4, -0.2) is 57.9 Å². The van der Waals surface area contributed by atoms with E-state index in [2.05, 4.69) is 63.5 Å². The van der Waals surface area contributed by atoms with Gasteiger partial charge in [-0.1, -0.05) is 36.9 Å². The zero-order chi connectivity index (χ0) is 27.5. The maximum absolute atomic E-state index is 13.2. The molecule has 3 aromatic rings. The molecule has 3 aliphatic heterocycles. The summed E-state index contributed by atoms with van der Waals surface area (Å²) in [4.78, 5) is 34.0. The number of piperidine rings is 2. The number of nitrogens with zero attached hydrogens (tertiary/aromatic N) is 3. The number of nitrogens with one attached hydrogen (secondary N) is 2. The molecule has 2 aromatic carbocycles. The Kier molecular flexibility index (Phi) is 7.62. The first-order valence-corrected chi connectivity index (χ1v) is 14.0. The molecular weight excluding hydrogens is 502 g/mol. The van der Waals surface area contributed by atoms with Gasteiger partial charge in [-0.3, -0.25) is 19.5 Å². The molecule has 6 rings (SSSR count). The molecule has 4 heterocycles. The molecular formula is C32H35N5O3. The Morgan fingerprint density at radius 3 is 2.65 bits per heavy atom. The third-order valence-corrected chi connectivity index (χ3v) is 8.10. The lowest BCUT2D eigenvalue weighted by Crippen LogP contribution is -2.54. The van der Waals surface area contributed by atoms with Gasteiger partial charge in [0.25, 0.3) is 5.91 Å². The van der Waals surface area contributed by atoms with Crippen LogP contribution in [-0.2, 0) is 24.4 Å². The first-order valence-electron chi connectivity index (χ1n) is 14.0. The Labute approximate surface area is 235 Å². The average Bonchev–Trinajstić information content (AvgIpc) is 3.29. The van der Waals surface area contributed by atoms with E-state index in [4.69, 9.17) is 4.74 Å². The van der Waals surface area contributed by atoms with Crippen LogP contribution in [0.2, 0.25) is 0 Å². The number of pyridine rings is 1. The standard InChI is InChI=1S/C32H35N5O3/c1-22-7-10-29(31(38)35-22)37-20-25-17-26(8-9-27(25)32(37)39)40-30-21-36(19-24-11-14-33-15-12-24)16-13-28(30)34-18-23-5-3-2-4-6-23/h2-6,8-9,11-12,14-15,17,28-30,34H,1,7,10,13,16,18-21H2,(H,35,38). The minimum atomic E-state index is -0.471. The quantitative estimate of drug-likeness (QED) is 0.456. The second kappa shape index (κ2) is 11.6. The van der Waals surface area contributed by atoms with Gasteiger partial charge in [0.05, 0.1) is 0 Å². The fraction of sp³-hybridized carbons (Fsp3) is 0.344. The molecule has 2 N–H and O–H groups in total. The fourth-order valence-corrected chi connectivity index (χ4v) is 5.95. The molecule has 8 heteroatoms. The van der Waals surface area contributed by atoms with Gasteiger partial charge in [-0.05, 0) is 66.3 Å². The summed E-state index contributed by atoms with van der Waals surface area (Å²) in [5, 5.41) is 6.54. The first-order chi connectivity index (χ1) is 19.5. The van der Waals surface area contributed by atoms with Crippen molar-refractivity contribution in [1.29, 1.82) is 0 Å². The minimum absolute atomic E-state index is 0.0688. The molecule has 206 valence electrons. The van der Waals surface area contributed by atoms with Gasteiger partial charge in [0.15, 0.2) is 0 Å². The number of ether oxygens (including phenoxy) is 1. The Hall–Kier alpha value is -4.01. The van der Waals surface area contributed by atoms with Crippen molar-refractivity contribution in [3.8, 4) is 5.75 Å². The summed E-state index contributed by atoms with van der Waals surface area (Å²) in [6, 6.07) is 19.9. The van der Waals surface area contributed by atoms with E-state index < -0.39 is 6.04 Å². The molecule has 0 radical (unpaired) electrons. The molecule has 0 bridgehead atoms. The van der Waals surface area contributed by atoms with Crippen LogP contribution in [0.3, 0.4) is 0 Å². The highest BCUT2D eigenvalue weighted by Gasteiger charge is 2.38. The highest BCUT2D eigenvalue weighted by Crippen LogP contribution is 2.32. The number of carbonyl (C=O) groups is 2. The number of likely N-dealkylation sites (tertiary alicyclic amines) is 1. The molecule has 2 saturated heterocycles. The van der Waals surface area contributed by atoms with E-state index in [1.54, 1.807) is 4.90 Å². The van der Waals surface area contributed by atoms with Crippen molar-refractivity contribution in [2.75, 3.05) is 13.1 Å². The third kappa shape index (κ3) is 5.78. The Morgan fingerprint density at radius 1 is 1.02 bits per heavy atom. The fourth-order valence-electron chi connectivity index (χ4n) is 5.95. The van der Waals surface area contributed by atoms with E-state index in [-0.39, 0.29) is 24.0 Å². The number of allylic oxidation sites excluding steroid dienone is 1. The SMILES string of the molecule is C=C1CCC(N2Cc3cc(OC4CN(Cc5ccncc5)CCC4NCc4ccccc4)ccc3C2=O)C(=O)N1. The summed E-state index contributed by atoms with van der Waals surface area (Å²) < 4.78 is 6.66. The van der Waals surface area contributed by atoms with Crippen LogP contribution in [0.5, 0.6) is 5.75 Å². The molecule has 8 nitrogen and oxygen atoms in total. The highest BCUT2D eigenvalue weighted by atomic mass is 16.5. The Balaban J connectivity index is 1.17. The van der Waals surface area contributed by atoms with Crippen molar-refractivity contribution >= 4 is 11.8 Å². The van der Waals surface area contributed by atoms with Crippen LogP contribution in [0.15, 0.2) is 85.3 Å². The highest BCUT2D eigenvalue weighted by molar-refractivity contribution is 6.01. The lowest BCUT2D eigenvalue weighted by molar-refractivity contribution is -0.126. The van der Waals surface area contributed by atoms with Crippen LogP contribution in [0.25, 0.3) is 0 Å². The molecule has 0 saturated carbocycles. The van der Waals surface area contributed by atoms with Crippen LogP contribution in [0.1, 0.15) is 46.3 Å². The average molecular weight is 538 g/mol. The number of aromatic nitrogens is 1. The molecule has 3 aliphatic rings. The number of amides is 2. The van der Waals surface area contributed by atoms with Crippen molar-refractivity contribution in [2.45, 2.75) is 57.1 Å². The van der Waals surface area contributed by atoms with Gasteiger partial charge < -0.3 is 20.3 Å². The van der Waals surface area contributed by atoms with Crippen molar-refractivity contribution < 1.29 is 14.3 Å². The maximum atomic E-state index is 13.2. The predicted molar refractivity (Wildman–Crippen MR) is 152 cm³/mol. The van der Waals surface area contributed by atoms with E-state index in [1.165, 1.54) is 11.1 Å². The number of hydrogen-bond acceptors (Lipinski definition) is 6. The van der Waals surface area contributed by atoms with Crippen molar-refractivity contribution in [1.82, 2.24) is 25.4 Å². The lowest BCUT2D eigenvalue weighted by atomic mass is 10.00. The molecule has 40 heavy (non-hydrogen) atoms. The summed E-state index contributed by atoms with van der Waals surface area (Å²) in [6.07, 6.45) is 5.83. The normalized spacial score (nSPS) is 23.1. The molecule has 2 fully saturated rings. The van der Waals surface area contributed by atoms with Crippen LogP contribution < -0.4 is 15.4 Å². The Bertz CT molecular complexity index is 1380. The van der Waals surface area contributed by atoms with E-state index >= 15 is 0 Å². The van der Waals surface area contributed by atoms with Crippen LogP contribution in [0, 0.1) is 0 Å². The second-order valence-corrected chi connectivity index (χ2v) is 10.9. The number of hydrogen-bond donors (Lipinski definition) is 2. The summed E-state index contributed by atoms with van der Waals surface area (Å²) in [6.45, 7) is 7.63. The van der Waals surface area contributed by atoms with Gasteiger partial charge in [-0.2, -0.15) is 0 Å². The summed E-state index contributed by atoms with van der Waals surface area (Å²) in [5.41, 5.74) is 4.73. The van der Waals surface area contributed by atoms with E-state index in [0.717, 1.165) is 43.9 Å². The van der Waals surface area contributed by atoms with Crippen molar-refractivity contribution in [2.24, 2.45) is 0 Å². The minimum Gasteiger partial charge on any atom is -0.487 e.